The van der Waals surface area contributed by atoms with Crippen molar-refractivity contribution >= 4 is 29.4 Å². The number of amides is 5. The summed E-state index contributed by atoms with van der Waals surface area (Å²) in [6.45, 7) is 1.65. The van der Waals surface area contributed by atoms with Gasteiger partial charge in [0.1, 0.15) is 11.5 Å². The van der Waals surface area contributed by atoms with Gasteiger partial charge in [0.05, 0.1) is 0 Å². The van der Waals surface area contributed by atoms with Crippen molar-refractivity contribution in [3.05, 3.63) is 54.6 Å². The topological polar surface area (TPSA) is 105 Å². The van der Waals surface area contributed by atoms with Crippen molar-refractivity contribution in [3.63, 3.8) is 0 Å². The Morgan fingerprint density at radius 3 is 2.07 bits per heavy atom. The molecule has 5 amide bonds. The SMILES string of the molecule is CC1CC2(C(=O)NC(=O)NC2=O)N(c2ccc(Oc3ccccc3)cc2)C1=O. The molecule has 142 valence electrons. The lowest BCUT2D eigenvalue weighted by atomic mass is 9.89. The van der Waals surface area contributed by atoms with Gasteiger partial charge in [-0.05, 0) is 36.4 Å². The first-order valence-electron chi connectivity index (χ1n) is 8.76. The number of nitrogens with zero attached hydrogens (tertiary/aromatic N) is 1. The fraction of sp³-hybridized carbons (Fsp3) is 0.200. The molecule has 1 atom stereocenters. The average Bonchev–Trinajstić information content (AvgIpc) is 2.94. The highest BCUT2D eigenvalue weighted by atomic mass is 16.5. The number of hydrogen-bond acceptors (Lipinski definition) is 5. The maximum Gasteiger partial charge on any atom is 0.328 e. The third-order valence-electron chi connectivity index (χ3n) is 4.90. The van der Waals surface area contributed by atoms with Crippen LogP contribution in [-0.2, 0) is 14.4 Å². The molecule has 2 saturated heterocycles. The van der Waals surface area contributed by atoms with Crippen LogP contribution in [0.15, 0.2) is 54.6 Å². The van der Waals surface area contributed by atoms with Crippen molar-refractivity contribution in [2.75, 3.05) is 4.90 Å². The summed E-state index contributed by atoms with van der Waals surface area (Å²) in [7, 11) is 0. The molecule has 1 unspecified atom stereocenters. The van der Waals surface area contributed by atoms with Crippen LogP contribution < -0.4 is 20.3 Å². The van der Waals surface area contributed by atoms with Crippen LogP contribution in [0.2, 0.25) is 0 Å². The first kappa shape index (κ1) is 17.7. The number of urea groups is 1. The third kappa shape index (κ3) is 2.70. The second-order valence-corrected chi connectivity index (χ2v) is 6.79. The Bertz CT molecular complexity index is 951. The Kier molecular flexibility index (Phi) is 4.11. The molecule has 8 heteroatoms. The van der Waals surface area contributed by atoms with Gasteiger partial charge in [0, 0.05) is 18.0 Å². The Morgan fingerprint density at radius 1 is 0.893 bits per heavy atom. The number of barbiturate groups is 1. The summed E-state index contributed by atoms with van der Waals surface area (Å²) < 4.78 is 5.73. The third-order valence-corrected chi connectivity index (χ3v) is 4.90. The van der Waals surface area contributed by atoms with Gasteiger partial charge in [-0.25, -0.2) is 4.79 Å². The Hall–Kier alpha value is -3.68. The van der Waals surface area contributed by atoms with E-state index in [4.69, 9.17) is 4.74 Å². The standard InChI is InChI=1S/C20H17N3O5/c1-12-11-20(17(25)21-19(27)22-18(20)26)23(16(12)24)13-7-9-15(10-8-13)28-14-5-3-2-4-6-14/h2-10,12H,11H2,1H3,(H2,21,22,25,26,27). The highest BCUT2D eigenvalue weighted by Crippen LogP contribution is 2.40. The lowest BCUT2D eigenvalue weighted by Crippen LogP contribution is -2.72. The molecule has 0 aliphatic carbocycles. The molecule has 2 fully saturated rings. The van der Waals surface area contributed by atoms with E-state index in [1.165, 1.54) is 4.90 Å². The molecule has 2 heterocycles. The van der Waals surface area contributed by atoms with Crippen molar-refractivity contribution in [2.45, 2.75) is 18.9 Å². The minimum Gasteiger partial charge on any atom is -0.457 e. The molecule has 2 aromatic rings. The summed E-state index contributed by atoms with van der Waals surface area (Å²) in [5.41, 5.74) is -1.42. The zero-order valence-electron chi connectivity index (χ0n) is 15.0. The molecule has 2 aliphatic rings. The van der Waals surface area contributed by atoms with E-state index in [0.29, 0.717) is 17.2 Å². The number of rotatable bonds is 3. The quantitative estimate of drug-likeness (QED) is 0.793. The van der Waals surface area contributed by atoms with Crippen molar-refractivity contribution in [2.24, 2.45) is 5.92 Å². The molecular weight excluding hydrogens is 362 g/mol. The van der Waals surface area contributed by atoms with Gasteiger partial charge < -0.3 is 4.74 Å². The van der Waals surface area contributed by atoms with E-state index in [1.807, 2.05) is 30.3 Å². The van der Waals surface area contributed by atoms with E-state index in [-0.39, 0.29) is 12.3 Å². The molecule has 0 aromatic heterocycles. The molecule has 0 bridgehead atoms. The van der Waals surface area contributed by atoms with E-state index in [0.717, 1.165) is 0 Å². The molecule has 8 nitrogen and oxygen atoms in total. The fourth-order valence-corrected chi connectivity index (χ4v) is 3.60. The second kappa shape index (κ2) is 6.49. The number of nitrogens with one attached hydrogen (secondary N) is 2. The van der Waals surface area contributed by atoms with Crippen molar-refractivity contribution in [1.29, 1.82) is 0 Å². The van der Waals surface area contributed by atoms with E-state index in [9.17, 15) is 19.2 Å². The smallest absolute Gasteiger partial charge is 0.328 e. The van der Waals surface area contributed by atoms with Crippen LogP contribution in [0.1, 0.15) is 13.3 Å². The van der Waals surface area contributed by atoms with Crippen LogP contribution in [0.5, 0.6) is 11.5 Å². The summed E-state index contributed by atoms with van der Waals surface area (Å²) in [5.74, 6) is -1.33. The van der Waals surface area contributed by atoms with Crippen LogP contribution in [0, 0.1) is 5.92 Å². The molecular formula is C20H17N3O5. The highest BCUT2D eigenvalue weighted by molar-refractivity contribution is 6.29. The largest absolute Gasteiger partial charge is 0.457 e. The summed E-state index contributed by atoms with van der Waals surface area (Å²) in [6, 6.07) is 14.8. The fourth-order valence-electron chi connectivity index (χ4n) is 3.60. The lowest BCUT2D eigenvalue weighted by molar-refractivity contribution is -0.138. The van der Waals surface area contributed by atoms with Gasteiger partial charge in [0.15, 0.2) is 0 Å². The summed E-state index contributed by atoms with van der Waals surface area (Å²) in [6.07, 6.45) is -0.0148. The minimum absolute atomic E-state index is 0.0148. The number of hydrogen-bond donors (Lipinski definition) is 2. The molecule has 2 aromatic carbocycles. The number of ether oxygens (including phenoxy) is 1. The number of carbonyl (C=O) groups is 4. The Balaban J connectivity index is 1.68. The molecule has 4 rings (SSSR count). The second-order valence-electron chi connectivity index (χ2n) is 6.79. The van der Waals surface area contributed by atoms with Crippen LogP contribution in [0.25, 0.3) is 0 Å². The van der Waals surface area contributed by atoms with Gasteiger partial charge in [0.2, 0.25) is 11.4 Å². The first-order chi connectivity index (χ1) is 13.4. The summed E-state index contributed by atoms with van der Waals surface area (Å²) in [4.78, 5) is 50.6. The summed E-state index contributed by atoms with van der Waals surface area (Å²) in [5, 5.41) is 4.20. The zero-order chi connectivity index (χ0) is 19.9. The first-order valence-corrected chi connectivity index (χ1v) is 8.76. The van der Waals surface area contributed by atoms with Gasteiger partial charge in [-0.2, -0.15) is 0 Å². The summed E-state index contributed by atoms with van der Waals surface area (Å²) >= 11 is 0. The van der Waals surface area contributed by atoms with E-state index in [1.54, 1.807) is 31.2 Å². The predicted molar refractivity (Wildman–Crippen MR) is 98.6 cm³/mol. The normalized spacial score (nSPS) is 20.9. The van der Waals surface area contributed by atoms with Gasteiger partial charge >= 0.3 is 6.03 Å². The lowest BCUT2D eigenvalue weighted by Gasteiger charge is -2.37. The highest BCUT2D eigenvalue weighted by Gasteiger charge is 2.62. The molecule has 0 saturated carbocycles. The average molecular weight is 379 g/mol. The van der Waals surface area contributed by atoms with Crippen LogP contribution >= 0.6 is 0 Å². The zero-order valence-corrected chi connectivity index (χ0v) is 15.0. The van der Waals surface area contributed by atoms with Crippen LogP contribution in [0.3, 0.4) is 0 Å². The minimum atomic E-state index is -1.79. The maximum atomic E-state index is 12.8. The van der Waals surface area contributed by atoms with E-state index < -0.39 is 29.3 Å². The number of carbonyl (C=O) groups excluding carboxylic acids is 4. The molecule has 2 aliphatic heterocycles. The monoisotopic (exact) mass is 379 g/mol. The van der Waals surface area contributed by atoms with Gasteiger partial charge in [-0.1, -0.05) is 25.1 Å². The number of anilines is 1. The van der Waals surface area contributed by atoms with Crippen molar-refractivity contribution in [3.8, 4) is 11.5 Å². The van der Waals surface area contributed by atoms with Gasteiger partial charge in [-0.15, -0.1) is 0 Å². The van der Waals surface area contributed by atoms with E-state index >= 15 is 0 Å². The Labute approximate surface area is 160 Å². The molecule has 0 radical (unpaired) electrons. The number of imide groups is 2. The molecule has 2 N–H and O–H groups in total. The molecule has 28 heavy (non-hydrogen) atoms. The van der Waals surface area contributed by atoms with Crippen LogP contribution in [-0.4, -0.2) is 29.3 Å². The van der Waals surface area contributed by atoms with Gasteiger partial charge in [0.25, 0.3) is 11.8 Å². The van der Waals surface area contributed by atoms with Crippen LogP contribution in [0.4, 0.5) is 10.5 Å². The number of benzene rings is 2. The van der Waals surface area contributed by atoms with Crippen molar-refractivity contribution in [1.82, 2.24) is 10.6 Å². The number of para-hydroxylation sites is 1. The van der Waals surface area contributed by atoms with E-state index in [2.05, 4.69) is 10.6 Å². The predicted octanol–water partition coefficient (Wildman–Crippen LogP) is 1.96. The Morgan fingerprint density at radius 2 is 1.46 bits per heavy atom. The maximum absolute atomic E-state index is 12.8. The van der Waals surface area contributed by atoms with Crippen molar-refractivity contribution < 1.29 is 23.9 Å². The molecule has 1 spiro atoms. The van der Waals surface area contributed by atoms with Gasteiger partial charge in [-0.3, -0.25) is 29.9 Å².